The Balaban J connectivity index is 1.53. The largest absolute Gasteiger partial charge is 0.345 e. The van der Waals surface area contributed by atoms with Gasteiger partial charge in [-0.3, -0.25) is 14.4 Å². The molecular weight excluding hydrogens is 418 g/mol. The van der Waals surface area contributed by atoms with Crippen molar-refractivity contribution in [2.75, 3.05) is 19.3 Å². The van der Waals surface area contributed by atoms with Crippen molar-refractivity contribution in [1.29, 1.82) is 0 Å². The molecule has 0 saturated heterocycles. The van der Waals surface area contributed by atoms with Crippen LogP contribution >= 0.6 is 0 Å². The number of nitrogens with one attached hydrogen (secondary N) is 2. The number of aromatic nitrogens is 5. The van der Waals surface area contributed by atoms with Gasteiger partial charge in [0, 0.05) is 31.9 Å². The van der Waals surface area contributed by atoms with Crippen molar-refractivity contribution in [3.63, 3.8) is 0 Å². The summed E-state index contributed by atoms with van der Waals surface area (Å²) in [7, 11) is -1.88. The number of H-pyrrole nitrogens is 1. The minimum absolute atomic E-state index is 0.0838. The molecule has 0 aromatic carbocycles. The summed E-state index contributed by atoms with van der Waals surface area (Å²) in [5.74, 6) is 1.18. The number of nitrogens with zero attached hydrogens (tertiary/aromatic N) is 7. The molecule has 31 heavy (non-hydrogen) atoms. The summed E-state index contributed by atoms with van der Waals surface area (Å²) in [4.78, 5) is 11.3. The van der Waals surface area contributed by atoms with E-state index in [-0.39, 0.29) is 24.3 Å². The van der Waals surface area contributed by atoms with Crippen molar-refractivity contribution in [3.05, 3.63) is 24.3 Å². The summed E-state index contributed by atoms with van der Waals surface area (Å²) < 4.78 is 30.2. The molecule has 3 heterocycles. The highest BCUT2D eigenvalue weighted by Gasteiger charge is 2.38. The maximum Gasteiger partial charge on any atom is 0.213 e. The van der Waals surface area contributed by atoms with E-state index in [2.05, 4.69) is 48.6 Å². The van der Waals surface area contributed by atoms with Gasteiger partial charge in [-0.15, -0.1) is 10.2 Å². The van der Waals surface area contributed by atoms with E-state index in [0.717, 1.165) is 29.8 Å². The molecular formula is C19H27N9O2S. The van der Waals surface area contributed by atoms with E-state index in [1.807, 2.05) is 16.7 Å². The summed E-state index contributed by atoms with van der Waals surface area (Å²) in [5.41, 5.74) is 2.38. The van der Waals surface area contributed by atoms with Gasteiger partial charge in [0.15, 0.2) is 11.3 Å². The van der Waals surface area contributed by atoms with E-state index in [4.69, 9.17) is 0 Å². The number of aromatic amines is 1. The number of hydrogen-bond acceptors (Lipinski definition) is 7. The molecule has 11 nitrogen and oxygen atoms in total. The van der Waals surface area contributed by atoms with Gasteiger partial charge >= 0.3 is 0 Å². The zero-order chi connectivity index (χ0) is 22.0. The summed E-state index contributed by atoms with van der Waals surface area (Å²) in [5, 5.41) is 13.9. The lowest BCUT2D eigenvalue weighted by Crippen LogP contribution is -2.37. The third-order valence-electron chi connectivity index (χ3n) is 5.88. The van der Waals surface area contributed by atoms with E-state index >= 15 is 0 Å². The van der Waals surface area contributed by atoms with Gasteiger partial charge in [-0.1, -0.05) is 13.3 Å². The van der Waals surface area contributed by atoms with Crippen LogP contribution in [0.3, 0.4) is 0 Å². The van der Waals surface area contributed by atoms with Crippen LogP contribution in [0.4, 0.5) is 0 Å². The van der Waals surface area contributed by atoms with Crippen molar-refractivity contribution in [3.8, 4) is 0 Å². The first-order valence-electron chi connectivity index (χ1n) is 10.3. The van der Waals surface area contributed by atoms with E-state index < -0.39 is 10.0 Å². The monoisotopic (exact) mass is 445 g/mol. The Morgan fingerprint density at radius 1 is 1.42 bits per heavy atom. The van der Waals surface area contributed by atoms with Crippen LogP contribution in [0.25, 0.3) is 16.8 Å². The second-order valence-electron chi connectivity index (χ2n) is 7.78. The summed E-state index contributed by atoms with van der Waals surface area (Å²) >= 11 is 0. The third-order valence-corrected chi connectivity index (χ3v) is 7.30. The van der Waals surface area contributed by atoms with Crippen LogP contribution < -0.4 is 4.72 Å². The van der Waals surface area contributed by atoms with Gasteiger partial charge in [0.2, 0.25) is 10.0 Å². The number of fused-ring (bicyclic) bond motifs is 3. The van der Waals surface area contributed by atoms with Gasteiger partial charge in [-0.25, -0.2) is 18.1 Å². The minimum atomic E-state index is -3.48. The van der Waals surface area contributed by atoms with Crippen LogP contribution in [0.5, 0.6) is 0 Å². The summed E-state index contributed by atoms with van der Waals surface area (Å²) in [6, 6.07) is 1.80. The van der Waals surface area contributed by atoms with Crippen LogP contribution in [0.1, 0.15) is 37.9 Å². The second-order valence-corrected chi connectivity index (χ2v) is 9.65. The lowest BCUT2D eigenvalue weighted by Gasteiger charge is -2.16. The van der Waals surface area contributed by atoms with Crippen LogP contribution in [-0.2, 0) is 10.0 Å². The molecule has 0 radical (unpaired) electrons. The third kappa shape index (κ3) is 4.30. The summed E-state index contributed by atoms with van der Waals surface area (Å²) in [6.45, 7) is 5.75. The molecule has 166 valence electrons. The van der Waals surface area contributed by atoms with Crippen molar-refractivity contribution in [1.82, 2.24) is 34.3 Å². The average Bonchev–Trinajstić information content (AvgIpc) is 3.47. The molecule has 0 spiro atoms. The molecule has 1 fully saturated rings. The molecule has 1 saturated carbocycles. The maximum atomic E-state index is 12.7. The molecule has 0 amide bonds. The standard InChI is InChI=1S/C19H27N9O2S/c1-4-13-9-14(26-31(29,30)8-7-27(21-3)12-20-2)10-15(13)19-25-24-17-11-23-18-16(28(17)19)5-6-22-18/h5-6,11-15,22,26H,3-4,7-10H2,1-2H3/t13-,14+,15+/m1/s1. The molecule has 12 heteroatoms. The van der Waals surface area contributed by atoms with Gasteiger partial charge in [0.05, 0.1) is 24.0 Å². The van der Waals surface area contributed by atoms with E-state index in [1.54, 1.807) is 13.2 Å². The molecule has 2 N–H and O–H groups in total. The average molecular weight is 446 g/mol. The molecule has 0 unspecified atom stereocenters. The zero-order valence-corrected chi connectivity index (χ0v) is 18.5. The molecule has 3 atom stereocenters. The maximum absolute atomic E-state index is 12.7. The van der Waals surface area contributed by atoms with Crippen LogP contribution in [0, 0.1) is 5.92 Å². The van der Waals surface area contributed by atoms with Gasteiger partial charge in [-0.2, -0.15) is 5.10 Å². The first-order chi connectivity index (χ1) is 15.0. The fourth-order valence-electron chi connectivity index (χ4n) is 4.45. The van der Waals surface area contributed by atoms with Crippen LogP contribution in [-0.4, -0.2) is 76.4 Å². The van der Waals surface area contributed by atoms with E-state index in [9.17, 15) is 8.42 Å². The fraction of sp³-hybridized carbons (Fsp3) is 0.526. The molecule has 0 bridgehead atoms. The number of rotatable bonds is 9. The van der Waals surface area contributed by atoms with Gasteiger partial charge in [0.25, 0.3) is 0 Å². The van der Waals surface area contributed by atoms with Gasteiger partial charge in [0.1, 0.15) is 12.2 Å². The van der Waals surface area contributed by atoms with Crippen molar-refractivity contribution >= 4 is 39.9 Å². The lowest BCUT2D eigenvalue weighted by atomic mass is 9.93. The Morgan fingerprint density at radius 2 is 2.26 bits per heavy atom. The van der Waals surface area contributed by atoms with E-state index in [1.165, 1.54) is 11.3 Å². The number of hydrogen-bond donors (Lipinski definition) is 2. The first kappa shape index (κ1) is 21.4. The lowest BCUT2D eigenvalue weighted by molar-refractivity contribution is 0.448. The highest BCUT2D eigenvalue weighted by Crippen LogP contribution is 2.41. The molecule has 1 aliphatic carbocycles. The first-order valence-corrected chi connectivity index (χ1v) is 11.9. The highest BCUT2D eigenvalue weighted by atomic mass is 32.2. The van der Waals surface area contributed by atoms with Crippen LogP contribution in [0.15, 0.2) is 28.6 Å². The Kier molecular flexibility index (Phi) is 6.01. The minimum Gasteiger partial charge on any atom is -0.345 e. The number of aliphatic imine (C=N–C) groups is 1. The number of hydrazone groups is 1. The van der Waals surface area contributed by atoms with Crippen molar-refractivity contribution in [2.24, 2.45) is 16.0 Å². The Hall–Kier alpha value is -2.86. The number of sulfonamides is 1. The van der Waals surface area contributed by atoms with Crippen LogP contribution in [0.2, 0.25) is 0 Å². The second kappa shape index (κ2) is 8.71. The quantitative estimate of drug-likeness (QED) is 0.290. The predicted molar refractivity (Wildman–Crippen MR) is 120 cm³/mol. The van der Waals surface area contributed by atoms with Gasteiger partial charge in [-0.05, 0) is 24.8 Å². The molecule has 4 rings (SSSR count). The Labute approximate surface area is 180 Å². The van der Waals surface area contributed by atoms with Crippen molar-refractivity contribution < 1.29 is 8.42 Å². The normalized spacial score (nSPS) is 22.1. The zero-order valence-electron chi connectivity index (χ0n) is 17.6. The molecule has 1 aliphatic rings. The topological polar surface area (TPSA) is 133 Å². The molecule has 3 aromatic heterocycles. The SMILES string of the molecule is C=NN(C=NC)CCS(=O)(=O)N[C@H]1C[C@@H](CC)[C@@H](c2nnc3cnc4[nH]ccc4n23)C1. The predicted octanol–water partition coefficient (Wildman–Crippen LogP) is 1.37. The Bertz CT molecular complexity index is 1200. The molecule has 0 aliphatic heterocycles. The Morgan fingerprint density at radius 3 is 3.00 bits per heavy atom. The summed E-state index contributed by atoms with van der Waals surface area (Å²) in [6.07, 6.45) is 7.36. The highest BCUT2D eigenvalue weighted by molar-refractivity contribution is 7.89. The van der Waals surface area contributed by atoms with Crippen molar-refractivity contribution in [2.45, 2.75) is 38.1 Å². The van der Waals surface area contributed by atoms with Gasteiger partial charge < -0.3 is 4.98 Å². The van der Waals surface area contributed by atoms with E-state index in [0.29, 0.717) is 18.0 Å². The molecule has 3 aromatic rings. The smallest absolute Gasteiger partial charge is 0.213 e. The fourth-order valence-corrected chi connectivity index (χ4v) is 5.70.